The Kier molecular flexibility index (Phi) is 7.79. The van der Waals surface area contributed by atoms with Crippen LogP contribution in [0.2, 0.25) is 5.02 Å². The summed E-state index contributed by atoms with van der Waals surface area (Å²) in [4.78, 5) is 40.5. The molecule has 3 aromatic carbocycles. The van der Waals surface area contributed by atoms with Crippen molar-refractivity contribution in [3.63, 3.8) is 0 Å². The van der Waals surface area contributed by atoms with E-state index in [-0.39, 0.29) is 17.9 Å². The van der Waals surface area contributed by atoms with Crippen LogP contribution in [0.1, 0.15) is 21.5 Å². The Morgan fingerprint density at radius 3 is 2.42 bits per heavy atom. The summed E-state index contributed by atoms with van der Waals surface area (Å²) in [6, 6.07) is 19.9. The Morgan fingerprint density at radius 1 is 0.972 bits per heavy atom. The van der Waals surface area contributed by atoms with Crippen molar-refractivity contribution >= 4 is 52.0 Å². The standard InChI is InChI=1S/C27H23ClN4O4/c28-20-10-12-21(13-11-20)30-27(35)24(15-19-16-29-23-4-2-1-3-22(19)23)31-25(33)14-7-17-5-8-18(9-6-17)26(34)32-36/h1-14,16,24,29,36H,15H2,(H,30,35)(H,31,33)(H,32,34)/b14-7+/t24-/m0/s1. The molecule has 0 radical (unpaired) electrons. The minimum Gasteiger partial charge on any atom is -0.361 e. The highest BCUT2D eigenvalue weighted by atomic mass is 35.5. The summed E-state index contributed by atoms with van der Waals surface area (Å²) in [6.07, 6.45) is 4.99. The maximum Gasteiger partial charge on any atom is 0.274 e. The first kappa shape index (κ1) is 24.7. The zero-order valence-electron chi connectivity index (χ0n) is 19.0. The zero-order valence-corrected chi connectivity index (χ0v) is 19.8. The minimum absolute atomic E-state index is 0.272. The third-order valence-electron chi connectivity index (χ3n) is 5.55. The fraction of sp³-hybridized carbons (Fsp3) is 0.0741. The number of carbonyl (C=O) groups is 3. The van der Waals surface area contributed by atoms with Crippen LogP contribution in [0.15, 0.2) is 85.1 Å². The molecule has 5 N–H and O–H groups in total. The Bertz CT molecular complexity index is 1410. The number of halogens is 1. The van der Waals surface area contributed by atoms with Crippen LogP contribution < -0.4 is 16.1 Å². The number of hydrogen-bond donors (Lipinski definition) is 5. The van der Waals surface area contributed by atoms with Gasteiger partial charge < -0.3 is 15.6 Å². The summed E-state index contributed by atoms with van der Waals surface area (Å²) in [7, 11) is 0. The van der Waals surface area contributed by atoms with Crippen LogP contribution in [0.4, 0.5) is 5.69 Å². The molecule has 4 aromatic rings. The van der Waals surface area contributed by atoms with Gasteiger partial charge in [0.05, 0.1) is 0 Å². The molecule has 0 spiro atoms. The molecule has 9 heteroatoms. The van der Waals surface area contributed by atoms with E-state index in [1.54, 1.807) is 48.0 Å². The molecule has 0 saturated heterocycles. The largest absolute Gasteiger partial charge is 0.361 e. The molecule has 1 heterocycles. The van der Waals surface area contributed by atoms with Gasteiger partial charge in [0.1, 0.15) is 6.04 Å². The maximum absolute atomic E-state index is 13.1. The number of amides is 3. The number of benzene rings is 3. The van der Waals surface area contributed by atoms with Gasteiger partial charge in [-0.2, -0.15) is 0 Å². The number of hydrogen-bond acceptors (Lipinski definition) is 4. The summed E-state index contributed by atoms with van der Waals surface area (Å²) >= 11 is 5.94. The average molecular weight is 503 g/mol. The molecule has 3 amide bonds. The summed E-state index contributed by atoms with van der Waals surface area (Å²) in [5.74, 6) is -1.46. The number of nitrogens with one attached hydrogen (secondary N) is 4. The molecule has 0 aliphatic carbocycles. The molecule has 0 aliphatic heterocycles. The lowest BCUT2D eigenvalue weighted by Crippen LogP contribution is -2.44. The predicted molar refractivity (Wildman–Crippen MR) is 139 cm³/mol. The summed E-state index contributed by atoms with van der Waals surface area (Å²) in [5, 5.41) is 15.8. The third-order valence-corrected chi connectivity index (χ3v) is 5.80. The number of rotatable bonds is 8. The highest BCUT2D eigenvalue weighted by Gasteiger charge is 2.22. The molecule has 1 aromatic heterocycles. The van der Waals surface area contributed by atoms with Crippen LogP contribution in [0.5, 0.6) is 0 Å². The molecule has 0 fully saturated rings. The van der Waals surface area contributed by atoms with Gasteiger partial charge in [-0.1, -0.05) is 41.9 Å². The van der Waals surface area contributed by atoms with Crippen molar-refractivity contribution in [2.24, 2.45) is 0 Å². The van der Waals surface area contributed by atoms with Gasteiger partial charge in [-0.25, -0.2) is 5.48 Å². The first-order chi connectivity index (χ1) is 17.4. The second-order valence-electron chi connectivity index (χ2n) is 8.02. The van der Waals surface area contributed by atoms with Crippen LogP contribution in [0.3, 0.4) is 0 Å². The Hall–Kier alpha value is -4.40. The first-order valence-corrected chi connectivity index (χ1v) is 11.5. The van der Waals surface area contributed by atoms with E-state index in [1.807, 2.05) is 30.5 Å². The van der Waals surface area contributed by atoms with Gasteiger partial charge in [0, 0.05) is 45.9 Å². The number of aromatic amines is 1. The Labute approximate surface area is 211 Å². The van der Waals surface area contributed by atoms with Crippen molar-refractivity contribution in [1.29, 1.82) is 0 Å². The van der Waals surface area contributed by atoms with Crippen LogP contribution >= 0.6 is 11.6 Å². The Morgan fingerprint density at radius 2 is 1.69 bits per heavy atom. The number of para-hydroxylation sites is 1. The van der Waals surface area contributed by atoms with E-state index >= 15 is 0 Å². The van der Waals surface area contributed by atoms with E-state index in [2.05, 4.69) is 15.6 Å². The number of aromatic nitrogens is 1. The number of anilines is 1. The normalized spacial score (nSPS) is 11.8. The van der Waals surface area contributed by atoms with Gasteiger partial charge >= 0.3 is 0 Å². The van der Waals surface area contributed by atoms with Crippen molar-refractivity contribution in [3.05, 3.63) is 107 Å². The topological polar surface area (TPSA) is 123 Å². The van der Waals surface area contributed by atoms with Crippen molar-refractivity contribution in [2.45, 2.75) is 12.5 Å². The number of H-pyrrole nitrogens is 1. The van der Waals surface area contributed by atoms with Crippen molar-refractivity contribution in [3.8, 4) is 0 Å². The Balaban J connectivity index is 1.50. The monoisotopic (exact) mass is 502 g/mol. The highest BCUT2D eigenvalue weighted by Crippen LogP contribution is 2.20. The molecule has 36 heavy (non-hydrogen) atoms. The number of carbonyl (C=O) groups excluding carboxylic acids is 3. The zero-order chi connectivity index (χ0) is 25.5. The summed E-state index contributed by atoms with van der Waals surface area (Å²) in [5.41, 5.74) is 4.90. The van der Waals surface area contributed by atoms with E-state index in [1.165, 1.54) is 18.2 Å². The van der Waals surface area contributed by atoms with E-state index < -0.39 is 17.9 Å². The molecule has 0 saturated carbocycles. The van der Waals surface area contributed by atoms with Crippen molar-refractivity contribution in [1.82, 2.24) is 15.8 Å². The van der Waals surface area contributed by atoms with Crippen LogP contribution in [-0.2, 0) is 16.0 Å². The van der Waals surface area contributed by atoms with Gasteiger partial charge in [-0.3, -0.25) is 19.6 Å². The van der Waals surface area contributed by atoms with Gasteiger partial charge in [0.2, 0.25) is 11.8 Å². The summed E-state index contributed by atoms with van der Waals surface area (Å²) < 4.78 is 0. The first-order valence-electron chi connectivity index (χ1n) is 11.1. The maximum atomic E-state index is 13.1. The number of hydroxylamine groups is 1. The third kappa shape index (κ3) is 6.18. The van der Waals surface area contributed by atoms with Crippen molar-refractivity contribution in [2.75, 3.05) is 5.32 Å². The lowest BCUT2D eigenvalue weighted by Gasteiger charge is -2.18. The predicted octanol–water partition coefficient (Wildman–Crippen LogP) is 4.32. The van der Waals surface area contributed by atoms with Gasteiger partial charge in [0.15, 0.2) is 0 Å². The van der Waals surface area contributed by atoms with Crippen LogP contribution in [0, 0.1) is 0 Å². The fourth-order valence-electron chi connectivity index (χ4n) is 3.69. The smallest absolute Gasteiger partial charge is 0.274 e. The molecular weight excluding hydrogens is 480 g/mol. The second-order valence-corrected chi connectivity index (χ2v) is 8.45. The van der Waals surface area contributed by atoms with E-state index in [0.717, 1.165) is 16.5 Å². The van der Waals surface area contributed by atoms with Gasteiger partial charge in [-0.05, 0) is 59.7 Å². The van der Waals surface area contributed by atoms with E-state index in [4.69, 9.17) is 16.8 Å². The van der Waals surface area contributed by atoms with E-state index in [9.17, 15) is 14.4 Å². The molecule has 8 nitrogen and oxygen atoms in total. The second kappa shape index (κ2) is 11.4. The molecule has 4 rings (SSSR count). The lowest BCUT2D eigenvalue weighted by molar-refractivity contribution is -0.123. The molecule has 1 atom stereocenters. The molecule has 0 unspecified atom stereocenters. The molecule has 0 aliphatic rings. The van der Waals surface area contributed by atoms with Crippen LogP contribution in [0.25, 0.3) is 17.0 Å². The average Bonchev–Trinajstić information content (AvgIpc) is 3.31. The quantitative estimate of drug-likeness (QED) is 0.140. The molecule has 0 bridgehead atoms. The minimum atomic E-state index is -0.854. The van der Waals surface area contributed by atoms with Crippen LogP contribution in [-0.4, -0.2) is 34.0 Å². The van der Waals surface area contributed by atoms with Gasteiger partial charge in [-0.15, -0.1) is 0 Å². The molecular formula is C27H23ClN4O4. The highest BCUT2D eigenvalue weighted by molar-refractivity contribution is 6.30. The van der Waals surface area contributed by atoms with Gasteiger partial charge in [0.25, 0.3) is 5.91 Å². The lowest BCUT2D eigenvalue weighted by atomic mass is 10.0. The SMILES string of the molecule is O=C(/C=C/c1ccc(C(=O)NO)cc1)N[C@@H](Cc1c[nH]c2ccccc12)C(=O)Nc1ccc(Cl)cc1. The summed E-state index contributed by atoms with van der Waals surface area (Å²) in [6.45, 7) is 0. The van der Waals surface area contributed by atoms with Crippen molar-refractivity contribution < 1.29 is 19.6 Å². The fourth-order valence-corrected chi connectivity index (χ4v) is 3.82. The number of fused-ring (bicyclic) bond motifs is 1. The van der Waals surface area contributed by atoms with E-state index in [0.29, 0.717) is 16.3 Å². The molecule has 182 valence electrons.